The fourth-order valence-corrected chi connectivity index (χ4v) is 5.20. The molecule has 6 rings (SSSR count). The van der Waals surface area contributed by atoms with Crippen LogP contribution in [0.5, 0.6) is 17.2 Å². The van der Waals surface area contributed by atoms with Crippen molar-refractivity contribution in [1.29, 1.82) is 5.26 Å². The van der Waals surface area contributed by atoms with E-state index < -0.39 is 17.5 Å². The van der Waals surface area contributed by atoms with Crippen molar-refractivity contribution in [2.24, 2.45) is 5.92 Å². The van der Waals surface area contributed by atoms with Gasteiger partial charge in [0.2, 0.25) is 0 Å². The first-order valence-electron chi connectivity index (χ1n) is 12.9. The Kier molecular flexibility index (Phi) is 7.06. The minimum Gasteiger partial charge on any atom is -0.487 e. The van der Waals surface area contributed by atoms with E-state index in [1.54, 1.807) is 30.3 Å². The fourth-order valence-electron chi connectivity index (χ4n) is 4.96. The summed E-state index contributed by atoms with van der Waals surface area (Å²) in [6.07, 6.45) is 0. The molecule has 0 saturated carbocycles. The number of fused-ring (bicyclic) bond motifs is 3. The van der Waals surface area contributed by atoms with Gasteiger partial charge in [-0.2, -0.15) is 5.26 Å². The standard InChI is InChI=1S/C32H23ClN2O6/c33-26-11-22(15-35-16-23(17-35)32(37)38)27(12-29(26)39-18-20-5-3-4-19(10-20)14-34)40-28-13-30(36)41-31-24-7-2-1-6-21(24)8-9-25(28)31/h1-13,23H,15-18H2,(H,37,38). The Bertz CT molecular complexity index is 1910. The first-order chi connectivity index (χ1) is 19.9. The molecule has 0 radical (unpaired) electrons. The van der Waals surface area contributed by atoms with Crippen LogP contribution in [0.15, 0.2) is 88.1 Å². The van der Waals surface area contributed by atoms with Crippen molar-refractivity contribution in [3.8, 4) is 23.3 Å². The Morgan fingerprint density at radius 3 is 2.63 bits per heavy atom. The molecule has 0 atom stereocenters. The van der Waals surface area contributed by atoms with E-state index in [0.717, 1.165) is 16.3 Å². The van der Waals surface area contributed by atoms with Gasteiger partial charge in [-0.1, -0.05) is 54.1 Å². The van der Waals surface area contributed by atoms with E-state index in [4.69, 9.17) is 25.5 Å². The molecule has 204 valence electrons. The molecule has 0 spiro atoms. The summed E-state index contributed by atoms with van der Waals surface area (Å²) in [5, 5.41) is 21.2. The molecular formula is C32H23ClN2O6. The minimum absolute atomic E-state index is 0.171. The summed E-state index contributed by atoms with van der Waals surface area (Å²) >= 11 is 6.63. The number of hydrogen-bond donors (Lipinski definition) is 1. The predicted molar refractivity (Wildman–Crippen MR) is 153 cm³/mol. The molecule has 0 unspecified atom stereocenters. The lowest BCUT2D eigenvalue weighted by molar-refractivity contribution is -0.147. The first kappa shape index (κ1) is 26.4. The van der Waals surface area contributed by atoms with Crippen LogP contribution in [0.4, 0.5) is 0 Å². The molecule has 1 saturated heterocycles. The summed E-state index contributed by atoms with van der Waals surface area (Å²) in [5.41, 5.74) is 1.89. The molecule has 0 amide bonds. The van der Waals surface area contributed by atoms with Crippen LogP contribution in [0.2, 0.25) is 5.02 Å². The van der Waals surface area contributed by atoms with Gasteiger partial charge in [0.1, 0.15) is 29.4 Å². The third kappa shape index (κ3) is 5.46. The topological polar surface area (TPSA) is 113 Å². The lowest BCUT2D eigenvalue weighted by atomic mass is 9.99. The molecule has 1 aromatic heterocycles. The summed E-state index contributed by atoms with van der Waals surface area (Å²) in [5.74, 6) is -0.163. The van der Waals surface area contributed by atoms with E-state index in [1.807, 2.05) is 47.4 Å². The van der Waals surface area contributed by atoms with Gasteiger partial charge in [0.05, 0.1) is 34.0 Å². The van der Waals surface area contributed by atoms with Crippen molar-refractivity contribution in [2.75, 3.05) is 13.1 Å². The number of halogens is 1. The van der Waals surface area contributed by atoms with Crippen molar-refractivity contribution in [1.82, 2.24) is 4.90 Å². The van der Waals surface area contributed by atoms with E-state index in [1.165, 1.54) is 6.07 Å². The van der Waals surface area contributed by atoms with Crippen molar-refractivity contribution >= 4 is 39.3 Å². The molecular weight excluding hydrogens is 544 g/mol. The normalized spacial score (nSPS) is 13.6. The Balaban J connectivity index is 1.37. The zero-order valence-corrected chi connectivity index (χ0v) is 22.4. The summed E-state index contributed by atoms with van der Waals surface area (Å²) in [4.78, 5) is 25.9. The number of nitriles is 1. The Morgan fingerprint density at radius 2 is 1.83 bits per heavy atom. The maximum absolute atomic E-state index is 12.6. The number of benzene rings is 4. The van der Waals surface area contributed by atoms with Crippen LogP contribution >= 0.6 is 11.6 Å². The maximum Gasteiger partial charge on any atom is 0.339 e. The van der Waals surface area contributed by atoms with Crippen molar-refractivity contribution < 1.29 is 23.8 Å². The lowest BCUT2D eigenvalue weighted by Crippen LogP contribution is -2.49. The van der Waals surface area contributed by atoms with Gasteiger partial charge in [-0.15, -0.1) is 0 Å². The lowest BCUT2D eigenvalue weighted by Gasteiger charge is -2.37. The van der Waals surface area contributed by atoms with E-state index in [-0.39, 0.29) is 6.61 Å². The number of carbonyl (C=O) groups is 1. The van der Waals surface area contributed by atoms with Gasteiger partial charge in [0, 0.05) is 36.7 Å². The molecule has 1 aliphatic rings. The second-order valence-corrected chi connectivity index (χ2v) is 10.3. The molecule has 1 N–H and O–H groups in total. The van der Waals surface area contributed by atoms with Gasteiger partial charge >= 0.3 is 11.6 Å². The number of carboxylic acid groups (broad SMARTS) is 1. The van der Waals surface area contributed by atoms with Gasteiger partial charge in [0.25, 0.3) is 0 Å². The Labute approximate surface area is 239 Å². The van der Waals surface area contributed by atoms with Crippen LogP contribution in [0.1, 0.15) is 16.7 Å². The highest BCUT2D eigenvalue weighted by Gasteiger charge is 2.33. The second kappa shape index (κ2) is 11.0. The molecule has 0 aliphatic carbocycles. The number of aliphatic carboxylic acids is 1. The average Bonchev–Trinajstić information content (AvgIpc) is 2.94. The van der Waals surface area contributed by atoms with Crippen LogP contribution in [-0.4, -0.2) is 29.1 Å². The molecule has 4 aromatic carbocycles. The van der Waals surface area contributed by atoms with Gasteiger partial charge in [-0.25, -0.2) is 4.79 Å². The van der Waals surface area contributed by atoms with E-state index in [2.05, 4.69) is 6.07 Å². The van der Waals surface area contributed by atoms with Gasteiger partial charge in [-0.3, -0.25) is 9.69 Å². The largest absolute Gasteiger partial charge is 0.487 e. The van der Waals surface area contributed by atoms with E-state index >= 15 is 0 Å². The van der Waals surface area contributed by atoms with E-state index in [9.17, 15) is 20.0 Å². The number of hydrogen-bond acceptors (Lipinski definition) is 7. The average molecular weight is 567 g/mol. The highest BCUT2D eigenvalue weighted by Crippen LogP contribution is 2.39. The highest BCUT2D eigenvalue weighted by molar-refractivity contribution is 6.32. The molecule has 9 heteroatoms. The summed E-state index contributed by atoms with van der Waals surface area (Å²) in [7, 11) is 0. The number of likely N-dealkylation sites (tertiary alicyclic amines) is 1. The zero-order chi connectivity index (χ0) is 28.5. The van der Waals surface area contributed by atoms with Crippen molar-refractivity contribution in [3.63, 3.8) is 0 Å². The molecule has 2 heterocycles. The van der Waals surface area contributed by atoms with Crippen LogP contribution in [-0.2, 0) is 17.9 Å². The Morgan fingerprint density at radius 1 is 1.00 bits per heavy atom. The van der Waals surface area contributed by atoms with Crippen molar-refractivity contribution in [2.45, 2.75) is 13.2 Å². The minimum atomic E-state index is -0.824. The second-order valence-electron chi connectivity index (χ2n) is 9.92. The van der Waals surface area contributed by atoms with Crippen LogP contribution < -0.4 is 15.1 Å². The fraction of sp³-hybridized carbons (Fsp3) is 0.156. The van der Waals surface area contributed by atoms with Crippen LogP contribution in [0, 0.1) is 17.2 Å². The zero-order valence-electron chi connectivity index (χ0n) is 21.7. The number of carboxylic acids is 1. The number of nitrogens with zero attached hydrogens (tertiary/aromatic N) is 2. The third-order valence-corrected chi connectivity index (χ3v) is 7.38. The molecule has 8 nitrogen and oxygen atoms in total. The molecule has 0 bridgehead atoms. The van der Waals surface area contributed by atoms with Crippen LogP contribution in [0.3, 0.4) is 0 Å². The highest BCUT2D eigenvalue weighted by atomic mass is 35.5. The molecule has 1 aliphatic heterocycles. The maximum atomic E-state index is 12.6. The molecule has 41 heavy (non-hydrogen) atoms. The van der Waals surface area contributed by atoms with Crippen molar-refractivity contribution in [3.05, 3.63) is 111 Å². The third-order valence-electron chi connectivity index (χ3n) is 7.08. The smallest absolute Gasteiger partial charge is 0.339 e. The predicted octanol–water partition coefficient (Wildman–Crippen LogP) is 6.36. The monoisotopic (exact) mass is 566 g/mol. The quantitative estimate of drug-likeness (QED) is 0.170. The number of rotatable bonds is 8. The SMILES string of the molecule is N#Cc1cccc(COc2cc(Oc3cc(=O)oc4c3ccc3ccccc34)c(CN3CC(C(=O)O)C3)cc2Cl)c1. The molecule has 1 fully saturated rings. The summed E-state index contributed by atoms with van der Waals surface area (Å²) in [6, 6.07) is 25.3. The van der Waals surface area contributed by atoms with Gasteiger partial charge in [0.15, 0.2) is 0 Å². The number of ether oxygens (including phenoxy) is 2. The van der Waals surface area contributed by atoms with E-state index in [0.29, 0.717) is 64.0 Å². The van der Waals surface area contributed by atoms with Gasteiger partial charge in [-0.05, 0) is 35.2 Å². The van der Waals surface area contributed by atoms with Crippen LogP contribution in [0.25, 0.3) is 21.7 Å². The van der Waals surface area contributed by atoms with Gasteiger partial charge < -0.3 is 19.0 Å². The Hall–Kier alpha value is -4.84. The summed E-state index contributed by atoms with van der Waals surface area (Å²) < 4.78 is 18.0. The molecule has 5 aromatic rings. The summed E-state index contributed by atoms with van der Waals surface area (Å²) in [6.45, 7) is 1.38. The first-order valence-corrected chi connectivity index (χ1v) is 13.3.